The monoisotopic (exact) mass is 209 g/mol. The van der Waals surface area contributed by atoms with Crippen molar-refractivity contribution in [1.29, 1.82) is 5.26 Å². The number of halogens is 1. The van der Waals surface area contributed by atoms with Crippen LogP contribution < -0.4 is 0 Å². The van der Waals surface area contributed by atoms with E-state index in [1.807, 2.05) is 6.07 Å². The van der Waals surface area contributed by atoms with Crippen LogP contribution in [-0.4, -0.2) is 5.75 Å². The van der Waals surface area contributed by atoms with Gasteiger partial charge in [0, 0.05) is 10.6 Å². The Morgan fingerprint density at radius 2 is 2.21 bits per heavy atom. The van der Waals surface area contributed by atoms with E-state index in [9.17, 15) is 4.39 Å². The predicted molar refractivity (Wildman–Crippen MR) is 56.7 cm³/mol. The summed E-state index contributed by atoms with van der Waals surface area (Å²) < 4.78 is 12.8. The van der Waals surface area contributed by atoms with Gasteiger partial charge in [-0.1, -0.05) is 13.8 Å². The summed E-state index contributed by atoms with van der Waals surface area (Å²) in [6.45, 7) is 4.23. The van der Waals surface area contributed by atoms with Crippen LogP contribution in [0.4, 0.5) is 4.39 Å². The minimum absolute atomic E-state index is 0.351. The van der Waals surface area contributed by atoms with Gasteiger partial charge in [0.1, 0.15) is 11.9 Å². The van der Waals surface area contributed by atoms with E-state index < -0.39 is 0 Å². The summed E-state index contributed by atoms with van der Waals surface area (Å²) >= 11 is 1.60. The molecule has 74 valence electrons. The minimum atomic E-state index is -0.351. The molecule has 0 N–H and O–H groups in total. The molecule has 0 unspecified atom stereocenters. The third-order valence-electron chi connectivity index (χ3n) is 1.63. The van der Waals surface area contributed by atoms with E-state index in [2.05, 4.69) is 13.8 Å². The Morgan fingerprint density at radius 1 is 1.50 bits per heavy atom. The predicted octanol–water partition coefficient (Wildman–Crippen LogP) is 3.45. The zero-order valence-corrected chi connectivity index (χ0v) is 9.07. The highest BCUT2D eigenvalue weighted by molar-refractivity contribution is 7.99. The molecule has 1 aromatic rings. The summed E-state index contributed by atoms with van der Waals surface area (Å²) in [6.07, 6.45) is 0. The second kappa shape index (κ2) is 5.02. The zero-order valence-electron chi connectivity index (χ0n) is 8.25. The molecule has 0 saturated heterocycles. The van der Waals surface area contributed by atoms with Gasteiger partial charge in [0.15, 0.2) is 0 Å². The lowest BCUT2D eigenvalue weighted by Gasteiger charge is -2.05. The molecule has 0 atom stereocenters. The number of nitriles is 1. The maximum Gasteiger partial charge on any atom is 0.124 e. The van der Waals surface area contributed by atoms with Gasteiger partial charge in [0.05, 0.1) is 5.56 Å². The van der Waals surface area contributed by atoms with Crippen LogP contribution in [-0.2, 0) is 0 Å². The Bertz CT molecular complexity index is 355. The molecule has 3 heteroatoms. The van der Waals surface area contributed by atoms with Gasteiger partial charge in [-0.05, 0) is 24.1 Å². The molecule has 0 saturated carbocycles. The smallest absolute Gasteiger partial charge is 0.124 e. The fourth-order valence-corrected chi connectivity index (χ4v) is 1.91. The summed E-state index contributed by atoms with van der Waals surface area (Å²) in [7, 11) is 0. The summed E-state index contributed by atoms with van der Waals surface area (Å²) in [5.74, 6) is 1.16. The van der Waals surface area contributed by atoms with Crippen molar-refractivity contribution in [2.45, 2.75) is 18.7 Å². The van der Waals surface area contributed by atoms with Gasteiger partial charge in [0.25, 0.3) is 0 Å². The van der Waals surface area contributed by atoms with E-state index in [-0.39, 0.29) is 5.82 Å². The average molecular weight is 209 g/mol. The number of nitrogens with zero attached hydrogens (tertiary/aromatic N) is 1. The minimum Gasteiger partial charge on any atom is -0.207 e. The Morgan fingerprint density at radius 3 is 2.79 bits per heavy atom. The van der Waals surface area contributed by atoms with Gasteiger partial charge >= 0.3 is 0 Å². The molecular weight excluding hydrogens is 197 g/mol. The van der Waals surface area contributed by atoms with Crippen molar-refractivity contribution in [2.75, 3.05) is 5.75 Å². The molecule has 0 aliphatic heterocycles. The van der Waals surface area contributed by atoms with E-state index in [1.54, 1.807) is 17.8 Å². The van der Waals surface area contributed by atoms with Crippen molar-refractivity contribution < 1.29 is 4.39 Å². The molecular formula is C11H12FNS. The van der Waals surface area contributed by atoms with Crippen LogP contribution in [0.3, 0.4) is 0 Å². The summed E-state index contributed by atoms with van der Waals surface area (Å²) in [5, 5.41) is 8.78. The van der Waals surface area contributed by atoms with E-state index in [0.717, 1.165) is 10.6 Å². The van der Waals surface area contributed by atoms with Gasteiger partial charge in [0.2, 0.25) is 0 Å². The molecule has 1 nitrogen and oxygen atoms in total. The molecule has 0 amide bonds. The van der Waals surface area contributed by atoms with Crippen LogP contribution >= 0.6 is 11.8 Å². The molecule has 1 rings (SSSR count). The van der Waals surface area contributed by atoms with Gasteiger partial charge in [-0.3, -0.25) is 0 Å². The third-order valence-corrected chi connectivity index (χ3v) is 3.13. The Kier molecular flexibility index (Phi) is 3.97. The molecule has 0 spiro atoms. The van der Waals surface area contributed by atoms with Crippen molar-refractivity contribution in [1.82, 2.24) is 0 Å². The van der Waals surface area contributed by atoms with Crippen molar-refractivity contribution in [3.63, 3.8) is 0 Å². The van der Waals surface area contributed by atoms with Gasteiger partial charge in [-0.2, -0.15) is 5.26 Å². The lowest BCUT2D eigenvalue weighted by atomic mass is 10.2. The molecule has 14 heavy (non-hydrogen) atoms. The number of rotatable bonds is 3. The Balaban J connectivity index is 2.82. The van der Waals surface area contributed by atoms with E-state index in [4.69, 9.17) is 5.26 Å². The fourth-order valence-electron chi connectivity index (χ4n) is 0.972. The lowest BCUT2D eigenvalue weighted by molar-refractivity contribution is 0.626. The first kappa shape index (κ1) is 11.1. The quantitative estimate of drug-likeness (QED) is 0.712. The van der Waals surface area contributed by atoms with Crippen molar-refractivity contribution in [2.24, 2.45) is 5.92 Å². The molecule has 0 aliphatic carbocycles. The second-order valence-electron chi connectivity index (χ2n) is 3.46. The van der Waals surface area contributed by atoms with Gasteiger partial charge in [-0.15, -0.1) is 11.8 Å². The number of benzene rings is 1. The molecule has 0 aliphatic rings. The highest BCUT2D eigenvalue weighted by Crippen LogP contribution is 2.24. The van der Waals surface area contributed by atoms with Gasteiger partial charge < -0.3 is 0 Å². The third kappa shape index (κ3) is 3.04. The summed E-state index contributed by atoms with van der Waals surface area (Å²) in [5.41, 5.74) is 0.427. The fraction of sp³-hybridized carbons (Fsp3) is 0.364. The molecule has 0 fully saturated rings. The Hall–Kier alpha value is -1.01. The number of hydrogen-bond acceptors (Lipinski definition) is 2. The van der Waals surface area contributed by atoms with Crippen LogP contribution in [0.5, 0.6) is 0 Å². The standard InChI is InChI=1S/C11H12FNS/c1-8(2)7-14-11-4-3-10(12)5-9(11)6-13/h3-5,8H,7H2,1-2H3. The molecule has 0 radical (unpaired) electrons. The van der Waals surface area contributed by atoms with E-state index >= 15 is 0 Å². The topological polar surface area (TPSA) is 23.8 Å². The van der Waals surface area contributed by atoms with E-state index in [0.29, 0.717) is 11.5 Å². The maximum atomic E-state index is 12.8. The zero-order chi connectivity index (χ0) is 10.6. The van der Waals surface area contributed by atoms with E-state index in [1.165, 1.54) is 12.1 Å². The largest absolute Gasteiger partial charge is 0.207 e. The van der Waals surface area contributed by atoms with Crippen molar-refractivity contribution in [3.8, 4) is 6.07 Å². The Labute approximate surface area is 87.9 Å². The van der Waals surface area contributed by atoms with Crippen LogP contribution in [0, 0.1) is 23.1 Å². The van der Waals surface area contributed by atoms with Crippen LogP contribution in [0.1, 0.15) is 19.4 Å². The highest BCUT2D eigenvalue weighted by atomic mass is 32.2. The van der Waals surface area contributed by atoms with Gasteiger partial charge in [-0.25, -0.2) is 4.39 Å². The molecule has 0 aromatic heterocycles. The lowest BCUT2D eigenvalue weighted by Crippen LogP contribution is -1.92. The first-order valence-corrected chi connectivity index (χ1v) is 5.44. The number of hydrogen-bond donors (Lipinski definition) is 0. The highest BCUT2D eigenvalue weighted by Gasteiger charge is 2.04. The van der Waals surface area contributed by atoms with Crippen LogP contribution in [0.15, 0.2) is 23.1 Å². The normalized spacial score (nSPS) is 10.2. The SMILES string of the molecule is CC(C)CSc1ccc(F)cc1C#N. The maximum absolute atomic E-state index is 12.8. The average Bonchev–Trinajstić information content (AvgIpc) is 2.15. The second-order valence-corrected chi connectivity index (χ2v) is 4.52. The number of thioether (sulfide) groups is 1. The summed E-state index contributed by atoms with van der Waals surface area (Å²) in [6, 6.07) is 6.34. The first-order chi connectivity index (χ1) is 6.63. The summed E-state index contributed by atoms with van der Waals surface area (Å²) in [4.78, 5) is 0.864. The van der Waals surface area contributed by atoms with Crippen molar-refractivity contribution >= 4 is 11.8 Å². The van der Waals surface area contributed by atoms with Crippen molar-refractivity contribution in [3.05, 3.63) is 29.6 Å². The van der Waals surface area contributed by atoms with Crippen LogP contribution in [0.25, 0.3) is 0 Å². The molecule has 0 bridgehead atoms. The molecule has 0 heterocycles. The van der Waals surface area contributed by atoms with Crippen LogP contribution in [0.2, 0.25) is 0 Å². The first-order valence-electron chi connectivity index (χ1n) is 4.46. The molecule has 1 aromatic carbocycles.